The molecule has 0 spiro atoms. The zero-order valence-electron chi connectivity index (χ0n) is 18.0. The Morgan fingerprint density at radius 2 is 2.03 bits per heavy atom. The molecular formula is C20H34IN5O2S. The van der Waals surface area contributed by atoms with Crippen LogP contribution in [-0.4, -0.2) is 54.5 Å². The first-order chi connectivity index (χ1) is 13.2. The van der Waals surface area contributed by atoms with E-state index in [1.54, 1.807) is 18.3 Å². The summed E-state index contributed by atoms with van der Waals surface area (Å²) in [6.45, 7) is 12.6. The predicted octanol–water partition coefficient (Wildman–Crippen LogP) is 3.31. The van der Waals surface area contributed by atoms with Gasteiger partial charge in [0.1, 0.15) is 5.54 Å². The highest BCUT2D eigenvalue weighted by Gasteiger charge is 2.45. The highest BCUT2D eigenvalue weighted by atomic mass is 127. The van der Waals surface area contributed by atoms with Crippen molar-refractivity contribution in [2.24, 2.45) is 4.99 Å². The fraction of sp³-hybridized carbons (Fsp3) is 0.650. The molecule has 0 aliphatic carbocycles. The molecule has 9 heteroatoms. The number of guanidine groups is 1. The number of hydrogen-bond acceptors (Lipinski definition) is 4. The number of nitrogens with one attached hydrogen (secondary N) is 3. The lowest BCUT2D eigenvalue weighted by Gasteiger charge is -2.22. The zero-order valence-corrected chi connectivity index (χ0v) is 21.1. The molecule has 0 aromatic carbocycles. The van der Waals surface area contributed by atoms with Crippen LogP contribution in [0.3, 0.4) is 0 Å². The van der Waals surface area contributed by atoms with Crippen LogP contribution in [0.25, 0.3) is 0 Å². The number of nitrogens with zero attached hydrogens (tertiary/aromatic N) is 2. The number of hydrogen-bond donors (Lipinski definition) is 3. The largest absolute Gasteiger partial charge is 0.357 e. The van der Waals surface area contributed by atoms with Crippen LogP contribution in [0.15, 0.2) is 22.5 Å². The zero-order chi connectivity index (χ0) is 20.8. The highest BCUT2D eigenvalue weighted by Crippen LogP contribution is 2.27. The maximum absolute atomic E-state index is 12.4. The van der Waals surface area contributed by atoms with E-state index >= 15 is 0 Å². The molecule has 29 heavy (non-hydrogen) atoms. The van der Waals surface area contributed by atoms with Crippen LogP contribution in [0.5, 0.6) is 0 Å². The summed E-state index contributed by atoms with van der Waals surface area (Å²) >= 11 is 1.75. The monoisotopic (exact) mass is 535 g/mol. The summed E-state index contributed by atoms with van der Waals surface area (Å²) in [5, 5.41) is 11.4. The van der Waals surface area contributed by atoms with Crippen molar-refractivity contribution in [3.8, 4) is 0 Å². The minimum absolute atomic E-state index is 0. The third kappa shape index (κ3) is 6.56. The van der Waals surface area contributed by atoms with Gasteiger partial charge in [0.2, 0.25) is 0 Å². The minimum atomic E-state index is -0.770. The Morgan fingerprint density at radius 1 is 1.31 bits per heavy atom. The summed E-state index contributed by atoms with van der Waals surface area (Å²) in [5.74, 6) is 0.612. The van der Waals surface area contributed by atoms with Gasteiger partial charge in [-0.3, -0.25) is 14.7 Å². The topological polar surface area (TPSA) is 85.8 Å². The second-order valence-electron chi connectivity index (χ2n) is 7.91. The van der Waals surface area contributed by atoms with Gasteiger partial charge in [-0.1, -0.05) is 26.8 Å². The van der Waals surface area contributed by atoms with Crippen LogP contribution in [0, 0.1) is 0 Å². The van der Waals surface area contributed by atoms with E-state index in [9.17, 15) is 9.59 Å². The molecule has 1 aromatic heterocycles. The first kappa shape index (κ1) is 25.7. The van der Waals surface area contributed by atoms with Crippen molar-refractivity contribution in [1.82, 2.24) is 20.9 Å². The molecule has 1 unspecified atom stereocenters. The Bertz CT molecular complexity index is 708. The van der Waals surface area contributed by atoms with Crippen LogP contribution in [0.2, 0.25) is 0 Å². The third-order valence-electron chi connectivity index (χ3n) is 5.07. The number of amides is 3. The summed E-state index contributed by atoms with van der Waals surface area (Å²) < 4.78 is 0. The molecule has 7 nitrogen and oxygen atoms in total. The SMILES string of the molecule is CCNC(=NCC(C)(C)c1cccs1)NCCCN1C(=O)NC(C)(CC)C1=O.I. The van der Waals surface area contributed by atoms with Gasteiger partial charge >= 0.3 is 6.03 Å². The molecule has 0 radical (unpaired) electrons. The predicted molar refractivity (Wildman–Crippen MR) is 130 cm³/mol. The maximum atomic E-state index is 12.4. The first-order valence-corrected chi connectivity index (χ1v) is 10.8. The molecule has 164 valence electrons. The highest BCUT2D eigenvalue weighted by molar-refractivity contribution is 14.0. The number of carbonyl (C=O) groups is 2. The Balaban J connectivity index is 0.00000420. The van der Waals surface area contributed by atoms with Crippen LogP contribution < -0.4 is 16.0 Å². The summed E-state index contributed by atoms with van der Waals surface area (Å²) in [7, 11) is 0. The van der Waals surface area contributed by atoms with E-state index in [1.807, 2.05) is 13.8 Å². The number of thiophene rings is 1. The van der Waals surface area contributed by atoms with Crippen LogP contribution in [-0.2, 0) is 10.2 Å². The second-order valence-corrected chi connectivity index (χ2v) is 8.86. The quantitative estimate of drug-likeness (QED) is 0.149. The molecule has 1 atom stereocenters. The van der Waals surface area contributed by atoms with Gasteiger partial charge < -0.3 is 16.0 Å². The van der Waals surface area contributed by atoms with Gasteiger partial charge in [-0.05, 0) is 38.1 Å². The molecule has 1 aromatic rings. The number of halogens is 1. The smallest absolute Gasteiger partial charge is 0.325 e. The molecule has 2 rings (SSSR count). The van der Waals surface area contributed by atoms with Crippen molar-refractivity contribution in [2.75, 3.05) is 26.2 Å². The molecule has 2 heterocycles. The van der Waals surface area contributed by atoms with Crippen molar-refractivity contribution in [3.63, 3.8) is 0 Å². The molecule has 1 fully saturated rings. The van der Waals surface area contributed by atoms with Crippen molar-refractivity contribution in [1.29, 1.82) is 0 Å². The molecule has 1 saturated heterocycles. The van der Waals surface area contributed by atoms with Gasteiger partial charge in [-0.15, -0.1) is 35.3 Å². The summed E-state index contributed by atoms with van der Waals surface area (Å²) in [5.41, 5.74) is -0.796. The van der Waals surface area contributed by atoms with E-state index in [0.29, 0.717) is 32.5 Å². The van der Waals surface area contributed by atoms with Gasteiger partial charge in [0.25, 0.3) is 5.91 Å². The van der Waals surface area contributed by atoms with Gasteiger partial charge in [-0.25, -0.2) is 4.79 Å². The van der Waals surface area contributed by atoms with Gasteiger partial charge in [-0.2, -0.15) is 0 Å². The third-order valence-corrected chi connectivity index (χ3v) is 6.30. The van der Waals surface area contributed by atoms with E-state index in [4.69, 9.17) is 4.99 Å². The van der Waals surface area contributed by atoms with E-state index in [1.165, 1.54) is 9.78 Å². The summed E-state index contributed by atoms with van der Waals surface area (Å²) in [6, 6.07) is 3.91. The van der Waals surface area contributed by atoms with E-state index in [-0.39, 0.29) is 41.3 Å². The molecule has 0 saturated carbocycles. The number of carbonyl (C=O) groups excluding carboxylic acids is 2. The van der Waals surface area contributed by atoms with E-state index in [0.717, 1.165) is 12.5 Å². The van der Waals surface area contributed by atoms with Crippen molar-refractivity contribution in [2.45, 2.75) is 58.4 Å². The molecular weight excluding hydrogens is 501 g/mol. The number of urea groups is 1. The minimum Gasteiger partial charge on any atom is -0.357 e. The van der Waals surface area contributed by atoms with Crippen LogP contribution in [0.4, 0.5) is 4.79 Å². The number of aliphatic imine (C=N–C) groups is 1. The number of imide groups is 1. The fourth-order valence-electron chi connectivity index (χ4n) is 2.99. The van der Waals surface area contributed by atoms with Crippen LogP contribution >= 0.6 is 35.3 Å². The van der Waals surface area contributed by atoms with Gasteiger partial charge in [0.15, 0.2) is 5.96 Å². The lowest BCUT2D eigenvalue weighted by atomic mass is 9.92. The molecule has 1 aliphatic rings. The second kappa shape index (κ2) is 11.1. The Hall–Kier alpha value is -1.36. The lowest BCUT2D eigenvalue weighted by Crippen LogP contribution is -2.43. The average molecular weight is 535 g/mol. The maximum Gasteiger partial charge on any atom is 0.325 e. The molecule has 1 aliphatic heterocycles. The fourth-order valence-corrected chi connectivity index (χ4v) is 3.84. The lowest BCUT2D eigenvalue weighted by molar-refractivity contribution is -0.130. The molecule has 3 amide bonds. The average Bonchev–Trinajstić information content (AvgIpc) is 3.27. The van der Waals surface area contributed by atoms with E-state index < -0.39 is 5.54 Å². The van der Waals surface area contributed by atoms with Crippen molar-refractivity contribution in [3.05, 3.63) is 22.4 Å². The molecule has 0 bridgehead atoms. The standard InChI is InChI=1S/C20H33N5O2S.HI/c1-6-20(5)16(26)25(18(27)24-20)12-9-11-22-17(21-7-2)23-14-19(3,4)15-10-8-13-28-15;/h8,10,13H,6-7,9,11-12,14H2,1-5H3,(H,24,27)(H2,21,22,23);1H. The van der Waals surface area contributed by atoms with Crippen LogP contribution in [0.1, 0.15) is 52.3 Å². The Kier molecular flexibility index (Phi) is 9.87. The summed E-state index contributed by atoms with van der Waals surface area (Å²) in [4.78, 5) is 31.8. The van der Waals surface area contributed by atoms with Gasteiger partial charge in [0.05, 0.1) is 6.54 Å². The van der Waals surface area contributed by atoms with Crippen molar-refractivity contribution >= 4 is 53.2 Å². The van der Waals surface area contributed by atoms with Gasteiger partial charge in [0, 0.05) is 29.9 Å². The Morgan fingerprint density at radius 3 is 2.59 bits per heavy atom. The van der Waals surface area contributed by atoms with Crippen molar-refractivity contribution < 1.29 is 9.59 Å². The normalized spacial score (nSPS) is 19.8. The first-order valence-electron chi connectivity index (χ1n) is 9.94. The summed E-state index contributed by atoms with van der Waals surface area (Å²) in [6.07, 6.45) is 1.25. The Labute approximate surface area is 195 Å². The van der Waals surface area contributed by atoms with E-state index in [2.05, 4.69) is 47.3 Å². The molecule has 3 N–H and O–H groups in total. The number of rotatable bonds is 9.